The maximum atomic E-state index is 15.0. The minimum absolute atomic E-state index is 0.139. The van der Waals surface area contributed by atoms with Gasteiger partial charge < -0.3 is 14.8 Å². The molecule has 43 heavy (non-hydrogen) atoms. The SMILES string of the molecule is CC(C)Oc1cc([C@](Cc2ccccc2)(NC(=O)C(F)(F)C(F)(F)F)C2=CC(OC(F)(F)C(F)F)=CC(F)C2)ccc1F. The van der Waals surface area contributed by atoms with E-state index in [2.05, 4.69) is 4.74 Å². The molecule has 4 nitrogen and oxygen atoms in total. The molecular weight excluding hydrogens is 607 g/mol. The van der Waals surface area contributed by atoms with Crippen molar-refractivity contribution < 1.29 is 62.6 Å². The number of benzene rings is 2. The zero-order valence-electron chi connectivity index (χ0n) is 22.3. The van der Waals surface area contributed by atoms with E-state index in [0.29, 0.717) is 12.2 Å². The summed E-state index contributed by atoms with van der Waals surface area (Å²) < 4.78 is 160. The van der Waals surface area contributed by atoms with Crippen LogP contribution in [0.15, 0.2) is 72.0 Å². The van der Waals surface area contributed by atoms with E-state index in [1.165, 1.54) is 44.2 Å². The highest BCUT2D eigenvalue weighted by Gasteiger charge is 2.64. The second-order valence-electron chi connectivity index (χ2n) is 9.83. The van der Waals surface area contributed by atoms with Gasteiger partial charge in [-0.05, 0) is 54.8 Å². The van der Waals surface area contributed by atoms with Crippen molar-refractivity contribution in [3.63, 3.8) is 0 Å². The largest absolute Gasteiger partial charge is 0.488 e. The van der Waals surface area contributed by atoms with E-state index in [4.69, 9.17) is 4.74 Å². The van der Waals surface area contributed by atoms with Gasteiger partial charge in [0.05, 0.1) is 11.6 Å². The van der Waals surface area contributed by atoms with Crippen molar-refractivity contribution in [3.8, 4) is 5.75 Å². The summed E-state index contributed by atoms with van der Waals surface area (Å²) >= 11 is 0. The second-order valence-corrected chi connectivity index (χ2v) is 9.83. The highest BCUT2D eigenvalue weighted by molar-refractivity contribution is 5.86. The Morgan fingerprint density at radius 1 is 1.00 bits per heavy atom. The van der Waals surface area contributed by atoms with E-state index in [0.717, 1.165) is 18.2 Å². The number of halogens is 11. The molecule has 2 aromatic rings. The zero-order valence-corrected chi connectivity index (χ0v) is 22.3. The first-order chi connectivity index (χ1) is 19.8. The molecule has 0 saturated carbocycles. The van der Waals surface area contributed by atoms with E-state index >= 15 is 0 Å². The Balaban J connectivity index is 2.35. The van der Waals surface area contributed by atoms with E-state index in [9.17, 15) is 53.1 Å². The molecule has 0 bridgehead atoms. The van der Waals surface area contributed by atoms with Crippen molar-refractivity contribution in [1.82, 2.24) is 5.32 Å². The fourth-order valence-electron chi connectivity index (χ4n) is 4.30. The van der Waals surface area contributed by atoms with Crippen molar-refractivity contribution in [2.75, 3.05) is 0 Å². The molecule has 0 fully saturated rings. The lowest BCUT2D eigenvalue weighted by Gasteiger charge is -2.41. The molecule has 2 aromatic carbocycles. The van der Waals surface area contributed by atoms with Crippen LogP contribution in [0, 0.1) is 5.82 Å². The lowest BCUT2D eigenvalue weighted by molar-refractivity contribution is -0.280. The van der Waals surface area contributed by atoms with Crippen LogP contribution < -0.4 is 10.1 Å². The lowest BCUT2D eigenvalue weighted by Crippen LogP contribution is -2.58. The summed E-state index contributed by atoms with van der Waals surface area (Å²) in [5.74, 6) is -11.7. The predicted molar refractivity (Wildman–Crippen MR) is 131 cm³/mol. The quantitative estimate of drug-likeness (QED) is 0.258. The third kappa shape index (κ3) is 7.60. The Morgan fingerprint density at radius 2 is 1.63 bits per heavy atom. The predicted octanol–water partition coefficient (Wildman–Crippen LogP) is 7.79. The maximum Gasteiger partial charge on any atom is 0.463 e. The van der Waals surface area contributed by atoms with Gasteiger partial charge in [-0.15, -0.1) is 0 Å². The van der Waals surface area contributed by atoms with E-state index in [1.807, 2.05) is 0 Å². The topological polar surface area (TPSA) is 47.6 Å². The fraction of sp³-hybridized carbons (Fsp3) is 0.393. The van der Waals surface area contributed by atoms with E-state index < -0.39 is 89.7 Å². The molecule has 0 spiro atoms. The monoisotopic (exact) mass is 631 g/mol. The number of ether oxygens (including phenoxy) is 2. The summed E-state index contributed by atoms with van der Waals surface area (Å²) in [7, 11) is 0. The maximum absolute atomic E-state index is 15.0. The molecule has 0 aliphatic heterocycles. The number of carbonyl (C=O) groups excluding carboxylic acids is 1. The number of carbonyl (C=O) groups is 1. The van der Waals surface area contributed by atoms with Crippen molar-refractivity contribution in [2.24, 2.45) is 0 Å². The average Bonchev–Trinajstić information content (AvgIpc) is 2.88. The number of amides is 1. The molecule has 1 aliphatic rings. The number of hydrogen-bond donors (Lipinski definition) is 1. The molecule has 1 N–H and O–H groups in total. The fourth-order valence-corrected chi connectivity index (χ4v) is 4.30. The molecular formula is C28H24F11NO3. The van der Waals surface area contributed by atoms with Gasteiger partial charge in [0, 0.05) is 12.8 Å². The van der Waals surface area contributed by atoms with Crippen molar-refractivity contribution >= 4 is 5.91 Å². The van der Waals surface area contributed by atoms with Crippen molar-refractivity contribution in [1.29, 1.82) is 0 Å². The molecule has 3 rings (SSSR count). The van der Waals surface area contributed by atoms with Crippen molar-refractivity contribution in [3.05, 3.63) is 89.0 Å². The number of allylic oxidation sites excluding steroid dienone is 2. The van der Waals surface area contributed by atoms with Crippen LogP contribution in [-0.2, 0) is 21.5 Å². The zero-order chi connectivity index (χ0) is 32.4. The van der Waals surface area contributed by atoms with Gasteiger partial charge >= 0.3 is 30.5 Å². The summed E-state index contributed by atoms with van der Waals surface area (Å²) in [4.78, 5) is 12.7. The Bertz CT molecular complexity index is 1360. The minimum Gasteiger partial charge on any atom is -0.488 e. The third-order valence-corrected chi connectivity index (χ3v) is 6.20. The lowest BCUT2D eigenvalue weighted by atomic mass is 9.74. The van der Waals surface area contributed by atoms with Crippen LogP contribution in [0.5, 0.6) is 5.75 Å². The second kappa shape index (κ2) is 12.4. The molecule has 0 aromatic heterocycles. The summed E-state index contributed by atoms with van der Waals surface area (Å²) in [6.45, 7) is 2.95. The van der Waals surface area contributed by atoms with Crippen LogP contribution in [0.1, 0.15) is 31.4 Å². The third-order valence-electron chi connectivity index (χ3n) is 6.20. The van der Waals surface area contributed by atoms with Crippen LogP contribution in [-0.4, -0.2) is 42.8 Å². The number of alkyl halides is 10. The summed E-state index contributed by atoms with van der Waals surface area (Å²) in [5.41, 5.74) is -3.58. The Kier molecular flexibility index (Phi) is 9.76. The Hall–Kier alpha value is -3.78. The van der Waals surface area contributed by atoms with Crippen LogP contribution in [0.25, 0.3) is 0 Å². The Labute approximate surface area is 238 Å². The van der Waals surface area contributed by atoms with Gasteiger partial charge in [0.1, 0.15) is 11.9 Å². The van der Waals surface area contributed by atoms with Crippen LogP contribution in [0.4, 0.5) is 48.3 Å². The standard InChI is InChI=1S/C28H24F11NO3/c1-15(2)42-22-12-17(8-9-21(22)30)25(14-16-6-4-3-5-7-16,40-24(41)26(33,34)28(37,38)39)18-10-19(29)13-20(11-18)43-27(35,36)23(31)32/h3-9,11-13,15,19,23H,10,14H2,1-2H3,(H,40,41)/t19?,25-/m0/s1. The molecule has 1 amide bonds. The van der Waals surface area contributed by atoms with Crippen LogP contribution in [0.2, 0.25) is 0 Å². The summed E-state index contributed by atoms with van der Waals surface area (Å²) in [5, 5.41) is 1.60. The summed E-state index contributed by atoms with van der Waals surface area (Å²) in [6, 6.07) is 9.52. The Morgan fingerprint density at radius 3 is 2.19 bits per heavy atom. The number of nitrogens with one attached hydrogen (secondary N) is 1. The van der Waals surface area contributed by atoms with E-state index in [-0.39, 0.29) is 5.56 Å². The average molecular weight is 631 g/mol. The molecule has 0 saturated heterocycles. The molecule has 1 aliphatic carbocycles. The van der Waals surface area contributed by atoms with Crippen molar-refractivity contribution in [2.45, 2.75) is 69.1 Å². The molecule has 0 heterocycles. The first kappa shape index (κ1) is 33.7. The van der Waals surface area contributed by atoms with Crippen LogP contribution >= 0.6 is 0 Å². The van der Waals surface area contributed by atoms with Gasteiger partial charge in [0.25, 0.3) is 0 Å². The summed E-state index contributed by atoms with van der Waals surface area (Å²) in [6.07, 6.45) is -19.7. The first-order valence-corrected chi connectivity index (χ1v) is 12.5. The molecule has 236 valence electrons. The van der Waals surface area contributed by atoms with Gasteiger partial charge in [-0.2, -0.15) is 39.5 Å². The molecule has 0 radical (unpaired) electrons. The highest BCUT2D eigenvalue weighted by atomic mass is 19.4. The van der Waals surface area contributed by atoms with Gasteiger partial charge in [0.15, 0.2) is 11.6 Å². The van der Waals surface area contributed by atoms with Gasteiger partial charge in [-0.3, -0.25) is 4.79 Å². The molecule has 2 atom stereocenters. The van der Waals surface area contributed by atoms with Gasteiger partial charge in [0.2, 0.25) is 0 Å². The first-order valence-electron chi connectivity index (χ1n) is 12.5. The van der Waals surface area contributed by atoms with Gasteiger partial charge in [-0.25, -0.2) is 8.78 Å². The van der Waals surface area contributed by atoms with Gasteiger partial charge in [-0.1, -0.05) is 36.4 Å². The number of hydrogen-bond acceptors (Lipinski definition) is 3. The normalized spacial score (nSPS) is 17.7. The van der Waals surface area contributed by atoms with Crippen LogP contribution in [0.3, 0.4) is 0 Å². The smallest absolute Gasteiger partial charge is 0.463 e. The molecule has 1 unspecified atom stereocenters. The molecule has 15 heteroatoms. The number of rotatable bonds is 11. The minimum atomic E-state index is -6.40. The highest BCUT2D eigenvalue weighted by Crippen LogP contribution is 2.44. The van der Waals surface area contributed by atoms with E-state index in [1.54, 1.807) is 5.32 Å².